The predicted molar refractivity (Wildman–Crippen MR) is 79.4 cm³/mol. The molecule has 3 rings (SSSR count). The summed E-state index contributed by atoms with van der Waals surface area (Å²) in [6, 6.07) is 7.66. The van der Waals surface area contributed by atoms with Crippen molar-refractivity contribution in [2.45, 2.75) is 31.4 Å². The van der Waals surface area contributed by atoms with Crippen molar-refractivity contribution in [3.05, 3.63) is 54.4 Å². The molecule has 2 aromatic rings. The molecule has 21 heavy (non-hydrogen) atoms. The fourth-order valence-corrected chi connectivity index (χ4v) is 2.76. The SMILES string of the molecule is OC1(Cc2ccccn2)CCN(Cc2ncccn2)CC1. The second kappa shape index (κ2) is 6.28. The monoisotopic (exact) mass is 284 g/mol. The number of pyridine rings is 1. The lowest BCUT2D eigenvalue weighted by Crippen LogP contribution is -2.45. The maximum absolute atomic E-state index is 10.7. The van der Waals surface area contributed by atoms with Crippen molar-refractivity contribution < 1.29 is 5.11 Å². The molecule has 0 amide bonds. The fourth-order valence-electron chi connectivity index (χ4n) is 2.76. The lowest BCUT2D eigenvalue weighted by Gasteiger charge is -2.37. The van der Waals surface area contributed by atoms with Gasteiger partial charge in [0.2, 0.25) is 0 Å². The molecule has 2 aromatic heterocycles. The van der Waals surface area contributed by atoms with Gasteiger partial charge in [-0.25, -0.2) is 9.97 Å². The van der Waals surface area contributed by atoms with E-state index in [4.69, 9.17) is 0 Å². The minimum Gasteiger partial charge on any atom is -0.389 e. The van der Waals surface area contributed by atoms with E-state index in [0.717, 1.165) is 44.0 Å². The van der Waals surface area contributed by atoms with Crippen LogP contribution in [0.25, 0.3) is 0 Å². The topological polar surface area (TPSA) is 62.1 Å². The van der Waals surface area contributed by atoms with Crippen molar-refractivity contribution in [3.63, 3.8) is 0 Å². The van der Waals surface area contributed by atoms with E-state index in [9.17, 15) is 5.11 Å². The van der Waals surface area contributed by atoms with Gasteiger partial charge in [-0.2, -0.15) is 0 Å². The molecular formula is C16H20N4O. The molecule has 0 unspecified atom stereocenters. The van der Waals surface area contributed by atoms with Crippen LogP contribution in [0.4, 0.5) is 0 Å². The minimum atomic E-state index is -0.637. The molecule has 3 heterocycles. The molecule has 0 spiro atoms. The van der Waals surface area contributed by atoms with E-state index in [1.807, 2.05) is 24.3 Å². The molecular weight excluding hydrogens is 264 g/mol. The van der Waals surface area contributed by atoms with Gasteiger partial charge in [-0.1, -0.05) is 6.07 Å². The normalized spacial score (nSPS) is 18.5. The van der Waals surface area contributed by atoms with E-state index in [1.54, 1.807) is 18.6 Å². The average molecular weight is 284 g/mol. The lowest BCUT2D eigenvalue weighted by atomic mass is 9.87. The van der Waals surface area contributed by atoms with Crippen molar-refractivity contribution in [3.8, 4) is 0 Å². The highest BCUT2D eigenvalue weighted by Crippen LogP contribution is 2.26. The van der Waals surface area contributed by atoms with Crippen LogP contribution in [0.1, 0.15) is 24.4 Å². The van der Waals surface area contributed by atoms with Gasteiger partial charge in [0.25, 0.3) is 0 Å². The summed E-state index contributed by atoms with van der Waals surface area (Å²) in [6.07, 6.45) is 7.46. The van der Waals surface area contributed by atoms with Crippen LogP contribution in [-0.2, 0) is 13.0 Å². The zero-order chi connectivity index (χ0) is 14.5. The van der Waals surface area contributed by atoms with Crippen LogP contribution in [0, 0.1) is 0 Å². The Morgan fingerprint density at radius 2 is 1.71 bits per heavy atom. The Balaban J connectivity index is 1.54. The number of hydrogen-bond donors (Lipinski definition) is 1. The second-order valence-corrected chi connectivity index (χ2v) is 5.66. The van der Waals surface area contributed by atoms with Crippen molar-refractivity contribution in [1.82, 2.24) is 19.9 Å². The molecule has 1 saturated heterocycles. The van der Waals surface area contributed by atoms with Crippen LogP contribution in [0.15, 0.2) is 42.9 Å². The predicted octanol–water partition coefficient (Wildman–Crippen LogP) is 1.44. The third kappa shape index (κ3) is 3.83. The van der Waals surface area contributed by atoms with Gasteiger partial charge in [0.1, 0.15) is 5.82 Å². The second-order valence-electron chi connectivity index (χ2n) is 5.66. The molecule has 5 nitrogen and oxygen atoms in total. The number of hydrogen-bond acceptors (Lipinski definition) is 5. The molecule has 1 fully saturated rings. The van der Waals surface area contributed by atoms with Gasteiger partial charge in [0.05, 0.1) is 12.1 Å². The largest absolute Gasteiger partial charge is 0.389 e. The van der Waals surface area contributed by atoms with E-state index in [1.165, 1.54) is 0 Å². The van der Waals surface area contributed by atoms with Crippen molar-refractivity contribution in [1.29, 1.82) is 0 Å². The first-order valence-corrected chi connectivity index (χ1v) is 7.34. The zero-order valence-electron chi connectivity index (χ0n) is 12.0. The maximum Gasteiger partial charge on any atom is 0.142 e. The summed E-state index contributed by atoms with van der Waals surface area (Å²) in [5.41, 5.74) is 0.322. The van der Waals surface area contributed by atoms with Crippen LogP contribution in [0.3, 0.4) is 0 Å². The molecule has 5 heteroatoms. The number of nitrogens with zero attached hydrogens (tertiary/aromatic N) is 4. The maximum atomic E-state index is 10.7. The molecule has 0 radical (unpaired) electrons. The van der Waals surface area contributed by atoms with Crippen LogP contribution < -0.4 is 0 Å². The Hall–Kier alpha value is -1.85. The lowest BCUT2D eigenvalue weighted by molar-refractivity contribution is -0.0236. The molecule has 110 valence electrons. The summed E-state index contributed by atoms with van der Waals surface area (Å²) in [5, 5.41) is 10.7. The summed E-state index contributed by atoms with van der Waals surface area (Å²) in [6.45, 7) is 2.48. The third-order valence-electron chi connectivity index (χ3n) is 4.01. The average Bonchev–Trinajstić information content (AvgIpc) is 2.52. The first-order chi connectivity index (χ1) is 10.2. The first kappa shape index (κ1) is 14.1. The quantitative estimate of drug-likeness (QED) is 0.920. The van der Waals surface area contributed by atoms with E-state index in [0.29, 0.717) is 6.42 Å². The highest BCUT2D eigenvalue weighted by atomic mass is 16.3. The van der Waals surface area contributed by atoms with Gasteiger partial charge in [0.15, 0.2) is 0 Å². The molecule has 0 aliphatic carbocycles. The van der Waals surface area contributed by atoms with Gasteiger partial charge in [0, 0.05) is 43.8 Å². The smallest absolute Gasteiger partial charge is 0.142 e. The van der Waals surface area contributed by atoms with Crippen LogP contribution in [0.2, 0.25) is 0 Å². The van der Waals surface area contributed by atoms with E-state index in [-0.39, 0.29) is 0 Å². The number of aromatic nitrogens is 3. The standard InChI is InChI=1S/C16H20N4O/c21-16(12-14-4-1-2-7-17-14)5-10-20(11-6-16)13-15-18-8-3-9-19-15/h1-4,7-9,21H,5-6,10-13H2. The molecule has 0 bridgehead atoms. The first-order valence-electron chi connectivity index (χ1n) is 7.34. The number of aliphatic hydroxyl groups is 1. The Morgan fingerprint density at radius 1 is 1.00 bits per heavy atom. The molecule has 1 aliphatic rings. The third-order valence-corrected chi connectivity index (χ3v) is 4.01. The van der Waals surface area contributed by atoms with Crippen molar-refractivity contribution in [2.75, 3.05) is 13.1 Å². The van der Waals surface area contributed by atoms with Gasteiger partial charge < -0.3 is 5.11 Å². The number of likely N-dealkylation sites (tertiary alicyclic amines) is 1. The fraction of sp³-hybridized carbons (Fsp3) is 0.438. The highest BCUT2D eigenvalue weighted by Gasteiger charge is 2.32. The van der Waals surface area contributed by atoms with Gasteiger partial charge in [-0.05, 0) is 31.0 Å². The minimum absolute atomic E-state index is 0.628. The Bertz CT molecular complexity index is 553. The summed E-state index contributed by atoms with van der Waals surface area (Å²) in [7, 11) is 0. The Labute approximate surface area is 124 Å². The highest BCUT2D eigenvalue weighted by molar-refractivity contribution is 5.08. The molecule has 0 saturated carbocycles. The van der Waals surface area contributed by atoms with Crippen molar-refractivity contribution >= 4 is 0 Å². The van der Waals surface area contributed by atoms with E-state index < -0.39 is 5.60 Å². The number of piperidine rings is 1. The van der Waals surface area contributed by atoms with E-state index in [2.05, 4.69) is 19.9 Å². The Morgan fingerprint density at radius 3 is 2.38 bits per heavy atom. The van der Waals surface area contributed by atoms with Gasteiger partial charge >= 0.3 is 0 Å². The van der Waals surface area contributed by atoms with E-state index >= 15 is 0 Å². The zero-order valence-corrected chi connectivity index (χ0v) is 12.0. The Kier molecular flexibility index (Phi) is 4.22. The summed E-state index contributed by atoms with van der Waals surface area (Å²) < 4.78 is 0. The van der Waals surface area contributed by atoms with Crippen LogP contribution in [0.5, 0.6) is 0 Å². The molecule has 0 aromatic carbocycles. The van der Waals surface area contributed by atoms with Crippen LogP contribution in [-0.4, -0.2) is 43.6 Å². The summed E-state index contributed by atoms with van der Waals surface area (Å²) in [4.78, 5) is 15.1. The number of rotatable bonds is 4. The summed E-state index contributed by atoms with van der Waals surface area (Å²) in [5.74, 6) is 0.840. The summed E-state index contributed by atoms with van der Waals surface area (Å²) >= 11 is 0. The molecule has 0 atom stereocenters. The molecule has 1 aliphatic heterocycles. The van der Waals surface area contributed by atoms with Gasteiger partial charge in [-0.3, -0.25) is 9.88 Å². The van der Waals surface area contributed by atoms with Gasteiger partial charge in [-0.15, -0.1) is 0 Å². The van der Waals surface area contributed by atoms with Crippen molar-refractivity contribution in [2.24, 2.45) is 0 Å². The van der Waals surface area contributed by atoms with Crippen LogP contribution >= 0.6 is 0 Å². The molecule has 1 N–H and O–H groups in total.